The number of nitriles is 3. The van der Waals surface area contributed by atoms with Gasteiger partial charge in [0.1, 0.15) is 0 Å². The lowest BCUT2D eigenvalue weighted by atomic mass is 9.58. The van der Waals surface area contributed by atoms with Gasteiger partial charge in [0.05, 0.1) is 43.7 Å². The highest BCUT2D eigenvalue weighted by Gasteiger charge is 2.52. The van der Waals surface area contributed by atoms with E-state index in [0.29, 0.717) is 17.1 Å². The molecular weight excluding hydrogens is 340 g/mol. The molecule has 0 aliphatic heterocycles. The molecule has 6 heteroatoms. The van der Waals surface area contributed by atoms with E-state index in [9.17, 15) is 15.8 Å². The molecule has 136 valence electrons. The van der Waals surface area contributed by atoms with Crippen LogP contribution in [0.25, 0.3) is 0 Å². The largest absolute Gasteiger partial charge is 0.493 e. The van der Waals surface area contributed by atoms with E-state index in [-0.39, 0.29) is 23.1 Å². The third-order valence-corrected chi connectivity index (χ3v) is 5.55. The van der Waals surface area contributed by atoms with Crippen LogP contribution in [0.2, 0.25) is 0 Å². The second-order valence-corrected chi connectivity index (χ2v) is 6.67. The number of nitrogens with zero attached hydrogens (tertiary/aromatic N) is 3. The van der Waals surface area contributed by atoms with Gasteiger partial charge in [-0.2, -0.15) is 15.8 Å². The van der Waals surface area contributed by atoms with Crippen LogP contribution in [-0.4, -0.2) is 14.2 Å². The van der Waals surface area contributed by atoms with Crippen molar-refractivity contribution in [2.24, 2.45) is 17.1 Å². The Labute approximate surface area is 158 Å². The number of allylic oxidation sites excluding steroid dienone is 3. The van der Waals surface area contributed by atoms with Crippen molar-refractivity contribution in [3.05, 3.63) is 46.7 Å². The van der Waals surface area contributed by atoms with Crippen LogP contribution in [0.1, 0.15) is 30.7 Å². The van der Waals surface area contributed by atoms with Crippen molar-refractivity contribution in [3.8, 4) is 29.7 Å². The van der Waals surface area contributed by atoms with Gasteiger partial charge in [-0.1, -0.05) is 18.2 Å². The molecule has 0 amide bonds. The first-order valence-electron chi connectivity index (χ1n) is 8.73. The van der Waals surface area contributed by atoms with E-state index in [1.54, 1.807) is 20.3 Å². The van der Waals surface area contributed by atoms with E-state index in [1.165, 1.54) is 0 Å². The standard InChI is InChI=1S/C21H20N4O2/c1-26-17-9-5-7-14(19(17)27-2)18-13-6-3-4-8-16(13)21(11-23,12-24)20(25)15(18)10-22/h5,7-9,13,18H,3-4,6,25H2,1-2H3/t13-,18-/m0/s1. The fraction of sp³-hybridized carbons (Fsp3) is 0.381. The van der Waals surface area contributed by atoms with E-state index in [4.69, 9.17) is 15.2 Å². The summed E-state index contributed by atoms with van der Waals surface area (Å²) in [6.07, 6.45) is 4.41. The Hall–Kier alpha value is -3.43. The fourth-order valence-electron chi connectivity index (χ4n) is 4.34. The van der Waals surface area contributed by atoms with E-state index in [2.05, 4.69) is 18.2 Å². The number of rotatable bonds is 3. The van der Waals surface area contributed by atoms with E-state index < -0.39 is 5.41 Å². The highest BCUT2D eigenvalue weighted by molar-refractivity contribution is 5.61. The number of hydrogen-bond donors (Lipinski definition) is 1. The Bertz CT molecular complexity index is 942. The van der Waals surface area contributed by atoms with E-state index in [0.717, 1.165) is 24.8 Å². The second kappa shape index (κ2) is 7.06. The molecule has 2 N–H and O–H groups in total. The Kier molecular flexibility index (Phi) is 4.80. The van der Waals surface area contributed by atoms with Crippen LogP contribution in [0.5, 0.6) is 11.5 Å². The van der Waals surface area contributed by atoms with Crippen LogP contribution in [0.15, 0.2) is 41.1 Å². The summed E-state index contributed by atoms with van der Waals surface area (Å²) in [6.45, 7) is 0. The van der Waals surface area contributed by atoms with Gasteiger partial charge in [-0.25, -0.2) is 0 Å². The van der Waals surface area contributed by atoms with Gasteiger partial charge in [-0.05, 0) is 36.8 Å². The first kappa shape index (κ1) is 18.4. The molecule has 0 spiro atoms. The maximum Gasteiger partial charge on any atom is 0.204 e. The van der Waals surface area contributed by atoms with Crippen LogP contribution < -0.4 is 15.2 Å². The average molecular weight is 360 g/mol. The third-order valence-electron chi connectivity index (χ3n) is 5.55. The van der Waals surface area contributed by atoms with Crippen LogP contribution >= 0.6 is 0 Å². The van der Waals surface area contributed by atoms with Gasteiger partial charge in [0.15, 0.2) is 11.5 Å². The lowest BCUT2D eigenvalue weighted by Crippen LogP contribution is -2.40. The van der Waals surface area contributed by atoms with Crippen molar-refractivity contribution in [2.75, 3.05) is 14.2 Å². The van der Waals surface area contributed by atoms with Crippen molar-refractivity contribution < 1.29 is 9.47 Å². The number of hydrogen-bond acceptors (Lipinski definition) is 6. The summed E-state index contributed by atoms with van der Waals surface area (Å²) in [6, 6.07) is 11.9. The third kappa shape index (κ3) is 2.52. The summed E-state index contributed by atoms with van der Waals surface area (Å²) in [4.78, 5) is 0. The van der Waals surface area contributed by atoms with E-state index >= 15 is 0 Å². The number of para-hydroxylation sites is 1. The zero-order valence-electron chi connectivity index (χ0n) is 15.3. The molecule has 2 aliphatic rings. The quantitative estimate of drug-likeness (QED) is 0.827. The molecular formula is C21H20N4O2. The Morgan fingerprint density at radius 1 is 1.15 bits per heavy atom. The number of ether oxygens (including phenoxy) is 2. The van der Waals surface area contributed by atoms with Gasteiger partial charge in [0.2, 0.25) is 5.41 Å². The first-order chi connectivity index (χ1) is 13.1. The average Bonchev–Trinajstić information content (AvgIpc) is 2.72. The molecule has 0 unspecified atom stereocenters. The zero-order valence-corrected chi connectivity index (χ0v) is 15.3. The van der Waals surface area contributed by atoms with Crippen LogP contribution in [0, 0.1) is 45.3 Å². The molecule has 0 radical (unpaired) electrons. The van der Waals surface area contributed by atoms with Crippen LogP contribution in [-0.2, 0) is 0 Å². The van der Waals surface area contributed by atoms with Gasteiger partial charge >= 0.3 is 0 Å². The molecule has 0 heterocycles. The smallest absolute Gasteiger partial charge is 0.204 e. The lowest BCUT2D eigenvalue weighted by Gasteiger charge is -2.42. The van der Waals surface area contributed by atoms with Gasteiger partial charge < -0.3 is 15.2 Å². The summed E-state index contributed by atoms with van der Waals surface area (Å²) in [7, 11) is 3.11. The molecule has 0 bridgehead atoms. The molecule has 2 aliphatic carbocycles. The minimum atomic E-state index is -1.58. The molecule has 0 saturated carbocycles. The SMILES string of the molecule is COc1cccc([C@H]2C(C#N)=C(N)C(C#N)(C#N)C3=CCCC[C@@H]32)c1OC. The summed E-state index contributed by atoms with van der Waals surface area (Å²) in [5.74, 6) is 0.545. The molecule has 1 aromatic carbocycles. The normalized spacial score (nSPS) is 23.1. The number of nitrogens with two attached hydrogens (primary N) is 1. The van der Waals surface area contributed by atoms with Gasteiger partial charge in [0.25, 0.3) is 0 Å². The predicted molar refractivity (Wildman–Crippen MR) is 98.2 cm³/mol. The first-order valence-corrected chi connectivity index (χ1v) is 8.73. The maximum atomic E-state index is 9.90. The van der Waals surface area contributed by atoms with E-state index in [1.807, 2.05) is 18.2 Å². The molecule has 27 heavy (non-hydrogen) atoms. The minimum Gasteiger partial charge on any atom is -0.493 e. The monoisotopic (exact) mass is 360 g/mol. The Balaban J connectivity index is 2.35. The molecule has 0 saturated heterocycles. The highest BCUT2D eigenvalue weighted by atomic mass is 16.5. The van der Waals surface area contributed by atoms with Gasteiger partial charge in [-0.3, -0.25) is 0 Å². The predicted octanol–water partition coefficient (Wildman–Crippen LogP) is 3.30. The summed E-state index contributed by atoms with van der Waals surface area (Å²) >= 11 is 0. The molecule has 0 fully saturated rings. The topological polar surface area (TPSA) is 116 Å². The molecule has 1 aromatic rings. The molecule has 2 atom stereocenters. The number of methoxy groups -OCH3 is 2. The molecule has 6 nitrogen and oxygen atoms in total. The molecule has 3 rings (SSSR count). The van der Waals surface area contributed by atoms with Gasteiger partial charge in [-0.15, -0.1) is 0 Å². The highest BCUT2D eigenvalue weighted by Crippen LogP contribution is 2.56. The fourth-order valence-corrected chi connectivity index (χ4v) is 4.34. The number of benzene rings is 1. The number of fused-ring (bicyclic) bond motifs is 1. The zero-order chi connectivity index (χ0) is 19.6. The summed E-state index contributed by atoms with van der Waals surface area (Å²) in [5, 5.41) is 29.5. The van der Waals surface area contributed by atoms with Crippen molar-refractivity contribution >= 4 is 0 Å². The van der Waals surface area contributed by atoms with Crippen molar-refractivity contribution in [3.63, 3.8) is 0 Å². The Morgan fingerprint density at radius 3 is 2.48 bits per heavy atom. The summed E-state index contributed by atoms with van der Waals surface area (Å²) < 4.78 is 11.0. The van der Waals surface area contributed by atoms with Crippen LogP contribution in [0.4, 0.5) is 0 Å². The minimum absolute atomic E-state index is 0.0225. The second-order valence-electron chi connectivity index (χ2n) is 6.67. The lowest BCUT2D eigenvalue weighted by molar-refractivity contribution is 0.339. The van der Waals surface area contributed by atoms with Gasteiger partial charge in [0, 0.05) is 11.5 Å². The van der Waals surface area contributed by atoms with Crippen molar-refractivity contribution in [1.29, 1.82) is 15.8 Å². The molecule has 0 aromatic heterocycles. The summed E-state index contributed by atoms with van der Waals surface area (Å²) in [5.41, 5.74) is 6.46. The van der Waals surface area contributed by atoms with Crippen molar-refractivity contribution in [2.45, 2.75) is 25.2 Å². The Morgan fingerprint density at radius 2 is 1.89 bits per heavy atom. The van der Waals surface area contributed by atoms with Crippen molar-refractivity contribution in [1.82, 2.24) is 0 Å². The van der Waals surface area contributed by atoms with Crippen LogP contribution in [0.3, 0.4) is 0 Å². The maximum absolute atomic E-state index is 9.90.